The summed E-state index contributed by atoms with van der Waals surface area (Å²) in [6, 6.07) is 19.5. The second-order valence-corrected chi connectivity index (χ2v) is 6.87. The molecule has 30 heavy (non-hydrogen) atoms. The Morgan fingerprint density at radius 2 is 1.80 bits per heavy atom. The third-order valence-corrected chi connectivity index (χ3v) is 4.79. The van der Waals surface area contributed by atoms with Crippen molar-refractivity contribution < 1.29 is 9.18 Å². The Kier molecular flexibility index (Phi) is 5.65. The maximum Gasteiger partial charge on any atom is 0.227 e. The molecule has 0 bridgehead atoms. The van der Waals surface area contributed by atoms with Crippen molar-refractivity contribution in [3.63, 3.8) is 0 Å². The lowest BCUT2D eigenvalue weighted by Gasteiger charge is -2.17. The number of aryl methyl sites for hydroxylation is 1. The van der Waals surface area contributed by atoms with Gasteiger partial charge in [-0.2, -0.15) is 4.52 Å². The highest BCUT2D eigenvalue weighted by atomic mass is 19.1. The minimum Gasteiger partial charge on any atom is -0.365 e. The van der Waals surface area contributed by atoms with E-state index in [-0.39, 0.29) is 18.1 Å². The molecule has 7 nitrogen and oxygen atoms in total. The van der Waals surface area contributed by atoms with Crippen LogP contribution in [0, 0.1) is 5.82 Å². The zero-order valence-corrected chi connectivity index (χ0v) is 16.5. The number of rotatable bonds is 7. The smallest absolute Gasteiger partial charge is 0.227 e. The van der Waals surface area contributed by atoms with Crippen molar-refractivity contribution in [3.8, 4) is 0 Å². The van der Waals surface area contributed by atoms with Crippen molar-refractivity contribution in [2.24, 2.45) is 0 Å². The summed E-state index contributed by atoms with van der Waals surface area (Å²) < 4.78 is 14.7. The van der Waals surface area contributed by atoms with Crippen molar-refractivity contribution in [2.45, 2.75) is 19.4 Å². The van der Waals surface area contributed by atoms with Crippen LogP contribution in [0.1, 0.15) is 17.8 Å². The zero-order chi connectivity index (χ0) is 20.9. The van der Waals surface area contributed by atoms with Gasteiger partial charge in [0, 0.05) is 32.1 Å². The first-order chi connectivity index (χ1) is 14.6. The molecule has 0 radical (unpaired) electrons. The van der Waals surface area contributed by atoms with E-state index in [0.29, 0.717) is 35.9 Å². The molecule has 0 unspecified atom stereocenters. The van der Waals surface area contributed by atoms with Crippen molar-refractivity contribution in [2.75, 3.05) is 17.3 Å². The molecule has 152 valence electrons. The summed E-state index contributed by atoms with van der Waals surface area (Å²) in [7, 11) is 1.67. The summed E-state index contributed by atoms with van der Waals surface area (Å²) in [5, 5.41) is 16.1. The van der Waals surface area contributed by atoms with Crippen LogP contribution in [-0.4, -0.2) is 32.8 Å². The van der Waals surface area contributed by atoms with Crippen LogP contribution in [0.25, 0.3) is 5.65 Å². The molecule has 1 N–H and O–H groups in total. The Bertz CT molecular complexity index is 1140. The van der Waals surface area contributed by atoms with Gasteiger partial charge < -0.3 is 10.2 Å². The van der Waals surface area contributed by atoms with E-state index in [2.05, 4.69) is 20.6 Å². The summed E-state index contributed by atoms with van der Waals surface area (Å²) in [5.74, 6) is 0.866. The van der Waals surface area contributed by atoms with Gasteiger partial charge >= 0.3 is 0 Å². The summed E-state index contributed by atoms with van der Waals surface area (Å²) in [6.07, 6.45) is 0.624. The van der Waals surface area contributed by atoms with Gasteiger partial charge in [0.15, 0.2) is 11.5 Å². The quantitative estimate of drug-likeness (QED) is 0.511. The maximum atomic E-state index is 13.1. The molecule has 1 amide bonds. The maximum absolute atomic E-state index is 13.1. The largest absolute Gasteiger partial charge is 0.365 e. The second kappa shape index (κ2) is 8.69. The minimum absolute atomic E-state index is 0.100. The Hall–Kier alpha value is -3.81. The summed E-state index contributed by atoms with van der Waals surface area (Å²) in [6.45, 7) is 0.651. The molecule has 4 rings (SSSR count). The van der Waals surface area contributed by atoms with Gasteiger partial charge in [-0.05, 0) is 42.0 Å². The molecule has 0 aliphatic rings. The lowest BCUT2D eigenvalue weighted by Crippen LogP contribution is -2.26. The molecule has 2 aromatic carbocycles. The molecular formula is C22H21FN6O. The van der Waals surface area contributed by atoms with E-state index in [9.17, 15) is 9.18 Å². The van der Waals surface area contributed by atoms with Gasteiger partial charge in [0.05, 0.1) is 0 Å². The predicted molar refractivity (Wildman–Crippen MR) is 113 cm³/mol. The molecule has 0 aliphatic carbocycles. The van der Waals surface area contributed by atoms with Gasteiger partial charge in [0.2, 0.25) is 5.91 Å². The topological polar surface area (TPSA) is 75.4 Å². The van der Waals surface area contributed by atoms with Crippen LogP contribution in [0.4, 0.5) is 15.9 Å². The lowest BCUT2D eigenvalue weighted by molar-refractivity contribution is -0.118. The van der Waals surface area contributed by atoms with Crippen LogP contribution in [0.5, 0.6) is 0 Å². The number of nitrogens with zero attached hydrogens (tertiary/aromatic N) is 5. The Morgan fingerprint density at radius 3 is 2.57 bits per heavy atom. The Balaban J connectivity index is 1.42. The molecule has 4 aromatic rings. The number of carbonyl (C=O) groups excluding carboxylic acids is 1. The Morgan fingerprint density at radius 1 is 1.03 bits per heavy atom. The van der Waals surface area contributed by atoms with E-state index in [1.807, 2.05) is 42.5 Å². The number of hydrogen-bond donors (Lipinski definition) is 1. The number of halogens is 1. The molecule has 0 aliphatic heterocycles. The third kappa shape index (κ3) is 4.43. The second-order valence-electron chi connectivity index (χ2n) is 6.87. The van der Waals surface area contributed by atoms with E-state index < -0.39 is 0 Å². The summed E-state index contributed by atoms with van der Waals surface area (Å²) in [4.78, 5) is 14.0. The highest BCUT2D eigenvalue weighted by molar-refractivity contribution is 5.92. The van der Waals surface area contributed by atoms with Gasteiger partial charge in [-0.3, -0.25) is 4.79 Å². The molecule has 0 fully saturated rings. The van der Waals surface area contributed by atoms with Crippen LogP contribution >= 0.6 is 0 Å². The molecule has 0 atom stereocenters. The van der Waals surface area contributed by atoms with Gasteiger partial charge in [0.25, 0.3) is 0 Å². The van der Waals surface area contributed by atoms with E-state index in [0.717, 1.165) is 5.56 Å². The first-order valence-electron chi connectivity index (χ1n) is 9.61. The standard InChI is InChI=1S/C22H21FN6O/c1-28(18-9-7-17(23)8-10-18)22(30)14-13-21-26-25-20-12-11-19(27-29(20)21)24-15-16-5-3-2-4-6-16/h2-12H,13-15H2,1H3,(H,24,27). The number of nitrogens with one attached hydrogen (secondary N) is 1. The Labute approximate surface area is 173 Å². The minimum atomic E-state index is -0.336. The molecule has 2 aromatic heterocycles. The number of anilines is 2. The number of hydrogen-bond acceptors (Lipinski definition) is 5. The van der Waals surface area contributed by atoms with Crippen LogP contribution in [0.2, 0.25) is 0 Å². The van der Waals surface area contributed by atoms with Crippen LogP contribution in [-0.2, 0) is 17.8 Å². The fourth-order valence-electron chi connectivity index (χ4n) is 3.07. The molecule has 0 spiro atoms. The van der Waals surface area contributed by atoms with Crippen molar-refractivity contribution >= 4 is 23.1 Å². The predicted octanol–water partition coefficient (Wildman–Crippen LogP) is 3.47. The molecule has 2 heterocycles. The van der Waals surface area contributed by atoms with Crippen molar-refractivity contribution in [1.82, 2.24) is 19.8 Å². The van der Waals surface area contributed by atoms with Crippen LogP contribution in [0.15, 0.2) is 66.7 Å². The van der Waals surface area contributed by atoms with Gasteiger partial charge in [-0.25, -0.2) is 4.39 Å². The van der Waals surface area contributed by atoms with E-state index in [1.165, 1.54) is 17.0 Å². The van der Waals surface area contributed by atoms with Gasteiger partial charge in [0.1, 0.15) is 11.6 Å². The number of benzene rings is 2. The van der Waals surface area contributed by atoms with E-state index in [4.69, 9.17) is 0 Å². The number of aromatic nitrogens is 4. The first-order valence-corrected chi connectivity index (χ1v) is 9.61. The molecule has 8 heteroatoms. The molecular weight excluding hydrogens is 383 g/mol. The lowest BCUT2D eigenvalue weighted by atomic mass is 10.2. The number of amides is 1. The van der Waals surface area contributed by atoms with E-state index >= 15 is 0 Å². The normalized spacial score (nSPS) is 10.9. The monoisotopic (exact) mass is 404 g/mol. The number of fused-ring (bicyclic) bond motifs is 1. The first kappa shape index (κ1) is 19.5. The van der Waals surface area contributed by atoms with Crippen LogP contribution < -0.4 is 10.2 Å². The summed E-state index contributed by atoms with van der Waals surface area (Å²) >= 11 is 0. The third-order valence-electron chi connectivity index (χ3n) is 4.79. The average molecular weight is 404 g/mol. The highest BCUT2D eigenvalue weighted by Gasteiger charge is 2.14. The van der Waals surface area contributed by atoms with E-state index in [1.54, 1.807) is 23.7 Å². The van der Waals surface area contributed by atoms with Crippen molar-refractivity contribution in [1.29, 1.82) is 0 Å². The average Bonchev–Trinajstić information content (AvgIpc) is 3.19. The van der Waals surface area contributed by atoms with Crippen molar-refractivity contribution in [3.05, 3.63) is 83.9 Å². The fraction of sp³-hybridized carbons (Fsp3) is 0.182. The highest BCUT2D eigenvalue weighted by Crippen LogP contribution is 2.15. The molecule has 0 saturated carbocycles. The van der Waals surface area contributed by atoms with Gasteiger partial charge in [-0.15, -0.1) is 15.3 Å². The molecule has 0 saturated heterocycles. The zero-order valence-electron chi connectivity index (χ0n) is 16.5. The number of carbonyl (C=O) groups is 1. The van der Waals surface area contributed by atoms with Gasteiger partial charge in [-0.1, -0.05) is 30.3 Å². The SMILES string of the molecule is CN(C(=O)CCc1nnc2ccc(NCc3ccccc3)nn12)c1ccc(F)cc1. The fourth-order valence-corrected chi connectivity index (χ4v) is 3.07. The van der Waals surface area contributed by atoms with Crippen LogP contribution in [0.3, 0.4) is 0 Å². The summed E-state index contributed by atoms with van der Waals surface area (Å²) in [5.41, 5.74) is 2.41.